The molecule has 2 rings (SSSR count). The van der Waals surface area contributed by atoms with Crippen LogP contribution in [0.25, 0.3) is 0 Å². The molecule has 1 aliphatic rings. The molecule has 0 bridgehead atoms. The Balaban J connectivity index is 2.18. The van der Waals surface area contributed by atoms with Crippen LogP contribution in [0.3, 0.4) is 0 Å². The number of piperidine rings is 1. The van der Waals surface area contributed by atoms with Crippen molar-refractivity contribution in [3.8, 4) is 0 Å². The number of nitro groups is 1. The molecule has 0 aromatic carbocycles. The highest BCUT2D eigenvalue weighted by atomic mass is 32.2. The zero-order valence-corrected chi connectivity index (χ0v) is 10.9. The smallest absolute Gasteiger partial charge is 0.273 e. The van der Waals surface area contributed by atoms with E-state index in [4.69, 9.17) is 0 Å². The summed E-state index contributed by atoms with van der Waals surface area (Å²) in [5.41, 5.74) is -0.294. The molecule has 0 radical (unpaired) electrons. The third-order valence-corrected chi connectivity index (χ3v) is 4.24. The second-order valence-electron chi connectivity index (χ2n) is 4.27. The standard InChI is InChI=1S/C10H14N4O4S/c15-14(16)9-3-5-12-10(6-9)19(17,18)13-8-2-1-4-11-7-8/h3,5-6,8,11,13H,1-2,4,7H2. The Morgan fingerprint density at radius 1 is 1.53 bits per heavy atom. The van der Waals surface area contributed by atoms with Crippen LogP contribution in [0.4, 0.5) is 5.69 Å². The van der Waals surface area contributed by atoms with Gasteiger partial charge in [0.05, 0.1) is 11.0 Å². The van der Waals surface area contributed by atoms with Crippen LogP contribution in [0.5, 0.6) is 0 Å². The Morgan fingerprint density at radius 3 is 2.95 bits per heavy atom. The fraction of sp³-hybridized carbons (Fsp3) is 0.500. The summed E-state index contributed by atoms with van der Waals surface area (Å²) >= 11 is 0. The highest BCUT2D eigenvalue weighted by Crippen LogP contribution is 2.15. The molecule has 19 heavy (non-hydrogen) atoms. The van der Waals surface area contributed by atoms with E-state index in [0.717, 1.165) is 37.7 Å². The van der Waals surface area contributed by atoms with Gasteiger partial charge in [-0.15, -0.1) is 0 Å². The zero-order valence-electron chi connectivity index (χ0n) is 10.1. The Hall–Kier alpha value is -1.58. The lowest BCUT2D eigenvalue weighted by Crippen LogP contribution is -2.45. The summed E-state index contributed by atoms with van der Waals surface area (Å²) in [6.07, 6.45) is 2.74. The molecule has 1 aromatic heterocycles. The van der Waals surface area contributed by atoms with E-state index in [0.29, 0.717) is 6.54 Å². The number of pyridine rings is 1. The lowest BCUT2D eigenvalue weighted by atomic mass is 10.1. The summed E-state index contributed by atoms with van der Waals surface area (Å²) in [7, 11) is -3.82. The molecular weight excluding hydrogens is 272 g/mol. The number of rotatable bonds is 4. The molecule has 0 aliphatic carbocycles. The van der Waals surface area contributed by atoms with E-state index in [1.54, 1.807) is 0 Å². The van der Waals surface area contributed by atoms with Crippen LogP contribution >= 0.6 is 0 Å². The van der Waals surface area contributed by atoms with Crippen LogP contribution in [-0.4, -0.2) is 37.5 Å². The maximum Gasteiger partial charge on any atom is 0.273 e. The first-order valence-electron chi connectivity index (χ1n) is 5.82. The zero-order chi connectivity index (χ0) is 13.9. The summed E-state index contributed by atoms with van der Waals surface area (Å²) in [5, 5.41) is 13.4. The Bertz CT molecular complexity index is 569. The third kappa shape index (κ3) is 3.46. The fourth-order valence-electron chi connectivity index (χ4n) is 1.89. The first-order valence-corrected chi connectivity index (χ1v) is 7.31. The highest BCUT2D eigenvalue weighted by Gasteiger charge is 2.24. The Kier molecular flexibility index (Phi) is 4.08. The fourth-order valence-corrected chi connectivity index (χ4v) is 3.13. The first kappa shape index (κ1) is 13.8. The number of nitrogens with zero attached hydrogens (tertiary/aromatic N) is 2. The van der Waals surface area contributed by atoms with Crippen molar-refractivity contribution in [1.29, 1.82) is 0 Å². The van der Waals surface area contributed by atoms with E-state index in [-0.39, 0.29) is 16.8 Å². The van der Waals surface area contributed by atoms with Gasteiger partial charge in [0.15, 0.2) is 5.03 Å². The SMILES string of the molecule is O=[N+]([O-])c1ccnc(S(=O)(=O)NC2CCCNC2)c1. The van der Waals surface area contributed by atoms with Gasteiger partial charge in [0.1, 0.15) is 0 Å². The van der Waals surface area contributed by atoms with Crippen LogP contribution in [-0.2, 0) is 10.0 Å². The predicted molar refractivity (Wildman–Crippen MR) is 67.1 cm³/mol. The Labute approximate surface area is 110 Å². The van der Waals surface area contributed by atoms with Gasteiger partial charge in [0, 0.05) is 24.8 Å². The van der Waals surface area contributed by atoms with E-state index in [1.165, 1.54) is 0 Å². The number of aromatic nitrogens is 1. The first-order chi connectivity index (χ1) is 8.99. The van der Waals surface area contributed by atoms with E-state index in [1.807, 2.05) is 0 Å². The maximum absolute atomic E-state index is 12.1. The van der Waals surface area contributed by atoms with Gasteiger partial charge < -0.3 is 5.32 Å². The topological polar surface area (TPSA) is 114 Å². The van der Waals surface area contributed by atoms with Crippen LogP contribution in [0.1, 0.15) is 12.8 Å². The minimum absolute atomic E-state index is 0.209. The molecule has 1 unspecified atom stereocenters. The number of sulfonamides is 1. The molecular formula is C10H14N4O4S. The number of hydrogen-bond acceptors (Lipinski definition) is 6. The van der Waals surface area contributed by atoms with Gasteiger partial charge >= 0.3 is 0 Å². The predicted octanol–water partition coefficient (Wildman–Crippen LogP) is 0.0201. The quantitative estimate of drug-likeness (QED) is 0.595. The summed E-state index contributed by atoms with van der Waals surface area (Å²) in [6, 6.07) is 1.90. The molecule has 1 aliphatic heterocycles. The molecule has 2 heterocycles. The van der Waals surface area contributed by atoms with Crippen LogP contribution in [0.15, 0.2) is 23.4 Å². The van der Waals surface area contributed by atoms with Gasteiger partial charge in [-0.1, -0.05) is 0 Å². The maximum atomic E-state index is 12.1. The third-order valence-electron chi connectivity index (χ3n) is 2.82. The normalized spacial score (nSPS) is 20.1. The van der Waals surface area contributed by atoms with Gasteiger partial charge in [-0.3, -0.25) is 10.1 Å². The van der Waals surface area contributed by atoms with Crippen molar-refractivity contribution < 1.29 is 13.3 Å². The van der Waals surface area contributed by atoms with Crippen molar-refractivity contribution >= 4 is 15.7 Å². The second kappa shape index (κ2) is 5.59. The van der Waals surface area contributed by atoms with Crippen molar-refractivity contribution in [2.45, 2.75) is 23.9 Å². The van der Waals surface area contributed by atoms with Crippen molar-refractivity contribution in [1.82, 2.24) is 15.0 Å². The van der Waals surface area contributed by atoms with Gasteiger partial charge in [-0.25, -0.2) is 18.1 Å². The lowest BCUT2D eigenvalue weighted by Gasteiger charge is -2.23. The molecule has 104 valence electrons. The van der Waals surface area contributed by atoms with Gasteiger partial charge in [-0.05, 0) is 19.4 Å². The van der Waals surface area contributed by atoms with Crippen molar-refractivity contribution in [3.63, 3.8) is 0 Å². The van der Waals surface area contributed by atoms with Gasteiger partial charge in [0.2, 0.25) is 0 Å². The lowest BCUT2D eigenvalue weighted by molar-refractivity contribution is -0.385. The van der Waals surface area contributed by atoms with Crippen LogP contribution < -0.4 is 10.0 Å². The molecule has 1 fully saturated rings. The average Bonchev–Trinajstić information content (AvgIpc) is 2.39. The largest absolute Gasteiger partial charge is 0.315 e. The average molecular weight is 286 g/mol. The van der Waals surface area contributed by atoms with Gasteiger partial charge in [0.25, 0.3) is 15.7 Å². The molecule has 2 N–H and O–H groups in total. The monoisotopic (exact) mass is 286 g/mol. The van der Waals surface area contributed by atoms with Crippen LogP contribution in [0.2, 0.25) is 0 Å². The van der Waals surface area contributed by atoms with E-state index in [2.05, 4.69) is 15.0 Å². The van der Waals surface area contributed by atoms with Crippen LogP contribution in [0, 0.1) is 10.1 Å². The Morgan fingerprint density at radius 2 is 2.32 bits per heavy atom. The van der Waals surface area contributed by atoms with Crippen molar-refractivity contribution in [2.24, 2.45) is 0 Å². The number of nitrogens with one attached hydrogen (secondary N) is 2. The summed E-state index contributed by atoms with van der Waals surface area (Å²) in [5.74, 6) is 0. The molecule has 1 saturated heterocycles. The molecule has 0 spiro atoms. The molecule has 9 heteroatoms. The molecule has 8 nitrogen and oxygen atoms in total. The van der Waals surface area contributed by atoms with Crippen molar-refractivity contribution in [3.05, 3.63) is 28.4 Å². The molecule has 0 amide bonds. The summed E-state index contributed by atoms with van der Waals surface area (Å²) in [4.78, 5) is 13.7. The highest BCUT2D eigenvalue weighted by molar-refractivity contribution is 7.89. The van der Waals surface area contributed by atoms with Gasteiger partial charge in [-0.2, -0.15) is 0 Å². The minimum Gasteiger partial charge on any atom is -0.315 e. The van der Waals surface area contributed by atoms with E-state index >= 15 is 0 Å². The minimum atomic E-state index is -3.82. The summed E-state index contributed by atoms with van der Waals surface area (Å²) in [6.45, 7) is 1.42. The van der Waals surface area contributed by atoms with E-state index < -0.39 is 14.9 Å². The second-order valence-corrected chi connectivity index (χ2v) is 5.93. The molecule has 1 atom stereocenters. The molecule has 1 aromatic rings. The van der Waals surface area contributed by atoms with Crippen molar-refractivity contribution in [2.75, 3.05) is 13.1 Å². The molecule has 0 saturated carbocycles. The number of hydrogen-bond donors (Lipinski definition) is 2. The van der Waals surface area contributed by atoms with E-state index in [9.17, 15) is 18.5 Å². The summed E-state index contributed by atoms with van der Waals surface area (Å²) < 4.78 is 26.6.